The van der Waals surface area contributed by atoms with Gasteiger partial charge >= 0.3 is 0 Å². The lowest BCUT2D eigenvalue weighted by Crippen LogP contribution is -2.44. The van der Waals surface area contributed by atoms with E-state index in [0.29, 0.717) is 25.1 Å². The molecule has 0 radical (unpaired) electrons. The molecule has 1 fully saturated rings. The van der Waals surface area contributed by atoms with E-state index in [2.05, 4.69) is 0 Å². The van der Waals surface area contributed by atoms with Crippen molar-refractivity contribution in [2.75, 3.05) is 13.1 Å². The van der Waals surface area contributed by atoms with Crippen LogP contribution in [0.5, 0.6) is 0 Å². The highest BCUT2D eigenvalue weighted by Crippen LogP contribution is 2.37. The summed E-state index contributed by atoms with van der Waals surface area (Å²) in [5.41, 5.74) is 2.53. The van der Waals surface area contributed by atoms with Gasteiger partial charge in [-0.05, 0) is 51.0 Å². The number of sulfonamides is 2. The highest BCUT2D eigenvalue weighted by molar-refractivity contribution is 7.89. The zero-order valence-corrected chi connectivity index (χ0v) is 18.1. The van der Waals surface area contributed by atoms with Gasteiger partial charge in [-0.1, -0.05) is 41.5 Å². The Hall–Kier alpha value is -2.16. The molecule has 1 atom stereocenters. The lowest BCUT2D eigenvalue weighted by Gasteiger charge is -2.33. The Morgan fingerprint density at radius 1 is 0.759 bits per heavy atom. The molecule has 0 amide bonds. The summed E-state index contributed by atoms with van der Waals surface area (Å²) in [6, 6.07) is 13.0. The maximum Gasteiger partial charge on any atom is 0.264 e. The van der Waals surface area contributed by atoms with Crippen LogP contribution in [0.25, 0.3) is 0 Å². The van der Waals surface area contributed by atoms with Gasteiger partial charge in [0.1, 0.15) is 0 Å². The predicted molar refractivity (Wildman–Crippen MR) is 111 cm³/mol. The van der Waals surface area contributed by atoms with E-state index >= 15 is 0 Å². The Kier molecular flexibility index (Phi) is 5.04. The summed E-state index contributed by atoms with van der Waals surface area (Å²) in [7, 11) is -7.42. The SMILES string of the molecule is Cc1ccc(S(=O)(=O)N2CCC3C2=CCCN3S(=O)(=O)c2ccc(C)cc2)cc1. The van der Waals surface area contributed by atoms with E-state index in [9.17, 15) is 16.8 Å². The van der Waals surface area contributed by atoms with Crippen LogP contribution in [-0.4, -0.2) is 44.6 Å². The van der Waals surface area contributed by atoms with Crippen LogP contribution in [0.4, 0.5) is 0 Å². The van der Waals surface area contributed by atoms with Crippen LogP contribution in [0, 0.1) is 13.8 Å². The highest BCUT2D eigenvalue weighted by atomic mass is 32.2. The zero-order chi connectivity index (χ0) is 20.8. The van der Waals surface area contributed by atoms with Gasteiger partial charge in [-0.25, -0.2) is 16.8 Å². The van der Waals surface area contributed by atoms with Crippen LogP contribution in [-0.2, 0) is 20.0 Å². The third-order valence-corrected chi connectivity index (χ3v) is 9.29. The highest BCUT2D eigenvalue weighted by Gasteiger charge is 2.44. The average Bonchev–Trinajstić information content (AvgIpc) is 3.13. The minimum atomic E-state index is -3.72. The molecule has 154 valence electrons. The summed E-state index contributed by atoms with van der Waals surface area (Å²) in [5.74, 6) is 0. The molecule has 1 saturated heterocycles. The Morgan fingerprint density at radius 2 is 1.28 bits per heavy atom. The fourth-order valence-corrected chi connectivity index (χ4v) is 7.14. The molecule has 4 rings (SSSR count). The largest absolute Gasteiger partial charge is 0.269 e. The second-order valence-corrected chi connectivity index (χ2v) is 11.3. The molecule has 2 aliphatic rings. The van der Waals surface area contributed by atoms with E-state index in [1.54, 1.807) is 48.5 Å². The van der Waals surface area contributed by atoms with Crippen molar-refractivity contribution >= 4 is 20.0 Å². The number of fused-ring (bicyclic) bond motifs is 1. The standard InChI is InChI=1S/C21H24N2O4S2/c1-16-5-9-18(10-6-16)28(24,25)22-14-3-4-20-21(22)13-15-23(20)29(26,27)19-11-7-17(2)8-12-19/h4-12,21H,3,13-15H2,1-2H3. The van der Waals surface area contributed by atoms with Crippen molar-refractivity contribution in [2.45, 2.75) is 42.5 Å². The van der Waals surface area contributed by atoms with Crippen molar-refractivity contribution in [1.29, 1.82) is 0 Å². The molecule has 0 N–H and O–H groups in total. The van der Waals surface area contributed by atoms with Crippen molar-refractivity contribution in [3.8, 4) is 0 Å². The quantitative estimate of drug-likeness (QED) is 0.744. The van der Waals surface area contributed by atoms with Gasteiger partial charge in [0.2, 0.25) is 10.0 Å². The van der Waals surface area contributed by atoms with Crippen LogP contribution in [0.1, 0.15) is 24.0 Å². The number of nitrogens with zero attached hydrogens (tertiary/aromatic N) is 2. The molecule has 0 bridgehead atoms. The Balaban J connectivity index is 1.66. The Labute approximate surface area is 172 Å². The molecule has 29 heavy (non-hydrogen) atoms. The lowest BCUT2D eigenvalue weighted by molar-refractivity contribution is 0.342. The van der Waals surface area contributed by atoms with Crippen molar-refractivity contribution < 1.29 is 16.8 Å². The molecule has 1 unspecified atom stereocenters. The van der Waals surface area contributed by atoms with Crippen LogP contribution in [0.2, 0.25) is 0 Å². The first kappa shape index (κ1) is 20.1. The number of aryl methyl sites for hydroxylation is 2. The third-order valence-electron chi connectivity index (χ3n) is 5.52. The summed E-state index contributed by atoms with van der Waals surface area (Å²) in [6.07, 6.45) is 2.80. The van der Waals surface area contributed by atoms with Crippen LogP contribution in [0.3, 0.4) is 0 Å². The van der Waals surface area contributed by atoms with Gasteiger partial charge in [0.15, 0.2) is 0 Å². The average molecular weight is 433 g/mol. The van der Waals surface area contributed by atoms with E-state index in [0.717, 1.165) is 11.1 Å². The van der Waals surface area contributed by atoms with E-state index in [1.807, 2.05) is 19.9 Å². The molecule has 0 aliphatic carbocycles. The summed E-state index contributed by atoms with van der Waals surface area (Å²) in [5, 5.41) is 0. The van der Waals surface area contributed by atoms with Crippen LogP contribution < -0.4 is 0 Å². The Bertz CT molecular complexity index is 1150. The van der Waals surface area contributed by atoms with Gasteiger partial charge in [0.25, 0.3) is 10.0 Å². The first-order valence-electron chi connectivity index (χ1n) is 9.59. The van der Waals surface area contributed by atoms with Crippen LogP contribution >= 0.6 is 0 Å². The molecule has 0 saturated carbocycles. The molecule has 0 aromatic heterocycles. The Morgan fingerprint density at radius 3 is 1.83 bits per heavy atom. The number of benzene rings is 2. The molecule has 2 aromatic carbocycles. The number of hydrogen-bond donors (Lipinski definition) is 0. The lowest BCUT2D eigenvalue weighted by atomic mass is 10.1. The van der Waals surface area contributed by atoms with Crippen molar-refractivity contribution in [2.24, 2.45) is 0 Å². The van der Waals surface area contributed by atoms with Crippen molar-refractivity contribution in [3.05, 3.63) is 71.4 Å². The molecule has 8 heteroatoms. The summed E-state index contributed by atoms with van der Waals surface area (Å²) < 4.78 is 55.7. The smallest absolute Gasteiger partial charge is 0.264 e. The predicted octanol–water partition coefficient (Wildman–Crippen LogP) is 3.04. The summed E-state index contributed by atoms with van der Waals surface area (Å²) >= 11 is 0. The molecular weight excluding hydrogens is 408 g/mol. The number of rotatable bonds is 4. The maximum atomic E-state index is 13.2. The van der Waals surface area contributed by atoms with Crippen molar-refractivity contribution in [3.63, 3.8) is 0 Å². The minimum absolute atomic E-state index is 0.225. The summed E-state index contributed by atoms with van der Waals surface area (Å²) in [6.45, 7) is 4.43. The molecule has 6 nitrogen and oxygen atoms in total. The van der Waals surface area contributed by atoms with Gasteiger partial charge in [0, 0.05) is 18.8 Å². The third kappa shape index (κ3) is 3.49. The van der Waals surface area contributed by atoms with Gasteiger partial charge < -0.3 is 0 Å². The van der Waals surface area contributed by atoms with E-state index in [-0.39, 0.29) is 16.3 Å². The first-order chi connectivity index (χ1) is 13.7. The molecule has 0 spiro atoms. The zero-order valence-electron chi connectivity index (χ0n) is 16.4. The van der Waals surface area contributed by atoms with Crippen LogP contribution in [0.15, 0.2) is 70.1 Å². The molecule has 2 heterocycles. The summed E-state index contributed by atoms with van der Waals surface area (Å²) in [4.78, 5) is 0.465. The molecular formula is C21H24N2O4S2. The normalized spacial score (nSPS) is 20.4. The topological polar surface area (TPSA) is 74.8 Å². The number of hydrogen-bond acceptors (Lipinski definition) is 4. The van der Waals surface area contributed by atoms with Gasteiger partial charge in [0.05, 0.1) is 15.8 Å². The monoisotopic (exact) mass is 432 g/mol. The first-order valence-corrected chi connectivity index (χ1v) is 12.5. The fourth-order valence-electron chi connectivity index (χ4n) is 3.94. The van der Waals surface area contributed by atoms with Gasteiger partial charge in [-0.15, -0.1) is 0 Å². The van der Waals surface area contributed by atoms with E-state index < -0.39 is 26.1 Å². The van der Waals surface area contributed by atoms with E-state index in [4.69, 9.17) is 0 Å². The van der Waals surface area contributed by atoms with E-state index in [1.165, 1.54) is 8.61 Å². The molecule has 2 aliphatic heterocycles. The fraction of sp³-hybridized carbons (Fsp3) is 0.333. The van der Waals surface area contributed by atoms with Gasteiger partial charge in [-0.3, -0.25) is 4.31 Å². The second kappa shape index (κ2) is 7.27. The minimum Gasteiger partial charge on any atom is -0.269 e. The second-order valence-electron chi connectivity index (χ2n) is 7.54. The van der Waals surface area contributed by atoms with Crippen molar-refractivity contribution in [1.82, 2.24) is 8.61 Å². The maximum absolute atomic E-state index is 13.2. The van der Waals surface area contributed by atoms with Gasteiger partial charge in [-0.2, -0.15) is 4.31 Å². The molecule has 2 aromatic rings.